The summed E-state index contributed by atoms with van der Waals surface area (Å²) in [7, 11) is 0. The summed E-state index contributed by atoms with van der Waals surface area (Å²) in [5.41, 5.74) is 7.03. The first-order valence-electron chi connectivity index (χ1n) is 5.63. The number of carbonyl (C=O) groups is 2. The number of carbonyl (C=O) groups excluding carboxylic acids is 2. The topological polar surface area (TPSA) is 98.2 Å². The molecule has 6 nitrogen and oxygen atoms in total. The molecule has 1 aromatic carbocycles. The Hall–Kier alpha value is -2.63. The molecule has 2 aromatic rings. The molecule has 0 bridgehead atoms. The molecule has 0 unspecified atom stereocenters. The maximum Gasteiger partial charge on any atom is 0.261 e. The van der Waals surface area contributed by atoms with E-state index in [-0.39, 0.29) is 5.91 Å². The van der Waals surface area contributed by atoms with Crippen molar-refractivity contribution in [2.24, 2.45) is 5.73 Å². The first-order chi connectivity index (χ1) is 8.99. The molecular formula is C13H13N3O3. The lowest BCUT2D eigenvalue weighted by Gasteiger charge is -2.05. The van der Waals surface area contributed by atoms with Gasteiger partial charge in [-0.3, -0.25) is 9.59 Å². The minimum atomic E-state index is -0.511. The van der Waals surface area contributed by atoms with Crippen LogP contribution >= 0.6 is 0 Å². The largest absolute Gasteiger partial charge is 0.366 e. The highest BCUT2D eigenvalue weighted by atomic mass is 16.5. The molecule has 98 valence electrons. The highest BCUT2D eigenvalue weighted by Crippen LogP contribution is 2.16. The van der Waals surface area contributed by atoms with E-state index < -0.39 is 5.91 Å². The van der Waals surface area contributed by atoms with E-state index in [1.165, 1.54) is 0 Å². The third-order valence-corrected chi connectivity index (χ3v) is 2.69. The number of anilines is 1. The van der Waals surface area contributed by atoms with Crippen molar-refractivity contribution >= 4 is 17.5 Å². The number of aryl methyl sites for hydroxylation is 2. The summed E-state index contributed by atoms with van der Waals surface area (Å²) < 4.78 is 4.93. The average Bonchev–Trinajstić information content (AvgIpc) is 2.69. The summed E-state index contributed by atoms with van der Waals surface area (Å²) in [6.45, 7) is 3.37. The molecule has 3 N–H and O–H groups in total. The van der Waals surface area contributed by atoms with E-state index in [4.69, 9.17) is 10.3 Å². The maximum atomic E-state index is 12.0. The van der Waals surface area contributed by atoms with Gasteiger partial charge in [-0.05, 0) is 38.1 Å². The molecule has 0 spiro atoms. The second-order valence-electron chi connectivity index (χ2n) is 4.09. The number of rotatable bonds is 3. The minimum Gasteiger partial charge on any atom is -0.366 e. The fourth-order valence-electron chi connectivity index (χ4n) is 1.72. The number of nitrogens with one attached hydrogen (secondary N) is 1. The van der Waals surface area contributed by atoms with Crippen molar-refractivity contribution in [3.05, 3.63) is 46.8 Å². The molecular weight excluding hydrogens is 246 g/mol. The van der Waals surface area contributed by atoms with E-state index in [2.05, 4.69) is 10.5 Å². The predicted molar refractivity (Wildman–Crippen MR) is 68.9 cm³/mol. The van der Waals surface area contributed by atoms with Crippen molar-refractivity contribution in [2.45, 2.75) is 13.8 Å². The molecule has 0 saturated carbocycles. The summed E-state index contributed by atoms with van der Waals surface area (Å²) in [5, 5.41) is 6.42. The van der Waals surface area contributed by atoms with E-state index in [0.717, 1.165) is 0 Å². The van der Waals surface area contributed by atoms with Gasteiger partial charge in [0, 0.05) is 11.3 Å². The minimum absolute atomic E-state index is 0.303. The highest BCUT2D eigenvalue weighted by Gasteiger charge is 2.17. The van der Waals surface area contributed by atoms with Gasteiger partial charge in [-0.15, -0.1) is 0 Å². The first kappa shape index (κ1) is 12.8. The third-order valence-electron chi connectivity index (χ3n) is 2.69. The van der Waals surface area contributed by atoms with Gasteiger partial charge < -0.3 is 15.6 Å². The van der Waals surface area contributed by atoms with Gasteiger partial charge in [0.05, 0.1) is 5.69 Å². The SMILES string of the molecule is Cc1noc(C)c1C(=O)Nc1ccc(C(N)=O)cc1. The molecule has 0 aliphatic heterocycles. The number of nitrogens with two attached hydrogens (primary N) is 1. The normalized spacial score (nSPS) is 10.2. The molecule has 19 heavy (non-hydrogen) atoms. The van der Waals surface area contributed by atoms with Crippen LogP contribution < -0.4 is 11.1 Å². The number of primary amides is 1. The Labute approximate surface area is 109 Å². The van der Waals surface area contributed by atoms with Crippen molar-refractivity contribution in [3.8, 4) is 0 Å². The van der Waals surface area contributed by atoms with Gasteiger partial charge in [-0.1, -0.05) is 5.16 Å². The van der Waals surface area contributed by atoms with E-state index in [1.54, 1.807) is 38.1 Å². The summed E-state index contributed by atoms with van der Waals surface area (Å²) in [4.78, 5) is 23.0. The Balaban J connectivity index is 2.17. The van der Waals surface area contributed by atoms with Gasteiger partial charge in [0.25, 0.3) is 5.91 Å². The fourth-order valence-corrected chi connectivity index (χ4v) is 1.72. The zero-order valence-corrected chi connectivity index (χ0v) is 10.6. The Bertz CT molecular complexity index is 610. The van der Waals surface area contributed by atoms with Crippen LogP contribution in [-0.4, -0.2) is 17.0 Å². The molecule has 0 atom stereocenters. The van der Waals surface area contributed by atoms with Gasteiger partial charge in [0.15, 0.2) is 0 Å². The van der Waals surface area contributed by atoms with E-state index in [0.29, 0.717) is 28.3 Å². The van der Waals surface area contributed by atoms with Gasteiger partial charge >= 0.3 is 0 Å². The number of nitrogens with zero attached hydrogens (tertiary/aromatic N) is 1. The van der Waals surface area contributed by atoms with Crippen LogP contribution in [-0.2, 0) is 0 Å². The van der Waals surface area contributed by atoms with Crippen LogP contribution in [0.4, 0.5) is 5.69 Å². The van der Waals surface area contributed by atoms with E-state index >= 15 is 0 Å². The van der Waals surface area contributed by atoms with Crippen molar-refractivity contribution in [1.82, 2.24) is 5.16 Å². The van der Waals surface area contributed by atoms with Crippen molar-refractivity contribution < 1.29 is 14.1 Å². The Morgan fingerprint density at radius 2 is 1.84 bits per heavy atom. The van der Waals surface area contributed by atoms with Crippen LogP contribution in [0.2, 0.25) is 0 Å². The third kappa shape index (κ3) is 2.62. The molecule has 6 heteroatoms. The average molecular weight is 259 g/mol. The van der Waals surface area contributed by atoms with Gasteiger partial charge in [0.2, 0.25) is 5.91 Å². The van der Waals surface area contributed by atoms with Crippen LogP contribution in [0.5, 0.6) is 0 Å². The Morgan fingerprint density at radius 3 is 2.32 bits per heavy atom. The highest BCUT2D eigenvalue weighted by molar-refractivity contribution is 6.05. The zero-order chi connectivity index (χ0) is 14.0. The van der Waals surface area contributed by atoms with Gasteiger partial charge in [-0.25, -0.2) is 0 Å². The first-order valence-corrected chi connectivity index (χ1v) is 5.63. The van der Waals surface area contributed by atoms with Crippen molar-refractivity contribution in [1.29, 1.82) is 0 Å². The molecule has 2 rings (SSSR count). The van der Waals surface area contributed by atoms with Crippen LogP contribution in [0, 0.1) is 13.8 Å². The Kier molecular flexibility index (Phi) is 3.33. The number of aromatic nitrogens is 1. The maximum absolute atomic E-state index is 12.0. The quantitative estimate of drug-likeness (QED) is 0.875. The van der Waals surface area contributed by atoms with E-state index in [9.17, 15) is 9.59 Å². The number of amides is 2. The van der Waals surface area contributed by atoms with E-state index in [1.807, 2.05) is 0 Å². The lowest BCUT2D eigenvalue weighted by molar-refractivity contribution is 0.0998. The Morgan fingerprint density at radius 1 is 1.21 bits per heavy atom. The van der Waals surface area contributed by atoms with Crippen LogP contribution in [0.15, 0.2) is 28.8 Å². The number of hydrogen-bond acceptors (Lipinski definition) is 4. The molecule has 0 fully saturated rings. The smallest absolute Gasteiger partial charge is 0.261 e. The summed E-state index contributed by atoms with van der Waals surface area (Å²) in [6.07, 6.45) is 0. The second-order valence-corrected chi connectivity index (χ2v) is 4.09. The zero-order valence-electron chi connectivity index (χ0n) is 10.6. The van der Waals surface area contributed by atoms with Crippen LogP contribution in [0.25, 0.3) is 0 Å². The van der Waals surface area contributed by atoms with Crippen LogP contribution in [0.3, 0.4) is 0 Å². The molecule has 1 aromatic heterocycles. The second kappa shape index (κ2) is 4.93. The molecule has 2 amide bonds. The molecule has 0 radical (unpaired) electrons. The molecule has 0 saturated heterocycles. The standard InChI is InChI=1S/C13H13N3O3/c1-7-11(8(2)19-16-7)13(18)15-10-5-3-9(4-6-10)12(14)17/h3-6H,1-2H3,(H2,14,17)(H,15,18). The number of hydrogen-bond donors (Lipinski definition) is 2. The molecule has 0 aliphatic rings. The monoisotopic (exact) mass is 259 g/mol. The lowest BCUT2D eigenvalue weighted by atomic mass is 10.1. The van der Waals surface area contributed by atoms with Crippen molar-refractivity contribution in [3.63, 3.8) is 0 Å². The summed E-state index contributed by atoms with van der Waals surface area (Å²) in [6, 6.07) is 6.31. The van der Waals surface area contributed by atoms with Gasteiger partial charge in [0.1, 0.15) is 11.3 Å². The van der Waals surface area contributed by atoms with Crippen LogP contribution in [0.1, 0.15) is 32.2 Å². The summed E-state index contributed by atoms with van der Waals surface area (Å²) in [5.74, 6) is -0.351. The van der Waals surface area contributed by atoms with Crippen molar-refractivity contribution in [2.75, 3.05) is 5.32 Å². The summed E-state index contributed by atoms with van der Waals surface area (Å²) >= 11 is 0. The fraction of sp³-hybridized carbons (Fsp3) is 0.154. The lowest BCUT2D eigenvalue weighted by Crippen LogP contribution is -2.14. The van der Waals surface area contributed by atoms with Gasteiger partial charge in [-0.2, -0.15) is 0 Å². The number of benzene rings is 1. The molecule has 0 aliphatic carbocycles. The molecule has 1 heterocycles. The predicted octanol–water partition coefficient (Wildman–Crippen LogP) is 1.64.